The van der Waals surface area contributed by atoms with E-state index in [1.54, 1.807) is 0 Å². The third-order valence-electron chi connectivity index (χ3n) is 2.59. The second kappa shape index (κ2) is 5.10. The highest BCUT2D eigenvalue weighted by molar-refractivity contribution is 4.94. The molecule has 0 radical (unpaired) electrons. The highest BCUT2D eigenvalue weighted by Gasteiger charge is 2.08. The van der Waals surface area contributed by atoms with Gasteiger partial charge in [-0.1, -0.05) is 6.92 Å². The van der Waals surface area contributed by atoms with Crippen molar-refractivity contribution in [2.75, 3.05) is 6.54 Å². The van der Waals surface area contributed by atoms with Crippen LogP contribution >= 0.6 is 0 Å². The summed E-state index contributed by atoms with van der Waals surface area (Å²) in [4.78, 5) is 0. The second-order valence-electron chi connectivity index (χ2n) is 3.79. The quantitative estimate of drug-likeness (QED) is 0.768. The Hall–Kier alpha value is -0.900. The molecule has 0 aliphatic heterocycles. The minimum absolute atomic E-state index is 0.567. The first kappa shape index (κ1) is 11.2. The normalized spacial score (nSPS) is 13.1. The molecule has 80 valence electrons. The maximum absolute atomic E-state index is 5.57. The van der Waals surface area contributed by atoms with Gasteiger partial charge < -0.3 is 10.3 Å². The second-order valence-corrected chi connectivity index (χ2v) is 3.79. The molecule has 0 saturated heterocycles. The van der Waals surface area contributed by atoms with Crippen molar-refractivity contribution in [1.82, 2.24) is 14.8 Å². The van der Waals surface area contributed by atoms with E-state index in [2.05, 4.69) is 28.6 Å². The largest absolute Gasteiger partial charge is 0.330 e. The molecule has 0 aliphatic carbocycles. The first-order valence-electron chi connectivity index (χ1n) is 5.27. The summed E-state index contributed by atoms with van der Waals surface area (Å²) in [6.07, 6.45) is 2.07. The highest BCUT2D eigenvalue weighted by Crippen LogP contribution is 2.08. The van der Waals surface area contributed by atoms with Crippen LogP contribution in [0.25, 0.3) is 0 Å². The van der Waals surface area contributed by atoms with E-state index in [-0.39, 0.29) is 0 Å². The summed E-state index contributed by atoms with van der Waals surface area (Å²) < 4.78 is 2.16. The lowest BCUT2D eigenvalue weighted by molar-refractivity contribution is 0.523. The summed E-state index contributed by atoms with van der Waals surface area (Å²) >= 11 is 0. The van der Waals surface area contributed by atoms with Crippen molar-refractivity contribution in [3.05, 3.63) is 11.6 Å². The summed E-state index contributed by atoms with van der Waals surface area (Å²) in [5, 5.41) is 8.24. The van der Waals surface area contributed by atoms with E-state index in [1.165, 1.54) is 0 Å². The Morgan fingerprint density at radius 3 is 2.71 bits per heavy atom. The van der Waals surface area contributed by atoms with Crippen LogP contribution in [0.4, 0.5) is 0 Å². The SMILES string of the molecule is CCn1c(C)nnc1CCC(C)CN. The molecular formula is C10H20N4. The van der Waals surface area contributed by atoms with Gasteiger partial charge in [-0.05, 0) is 32.7 Å². The molecule has 0 aromatic carbocycles. The smallest absolute Gasteiger partial charge is 0.132 e. The lowest BCUT2D eigenvalue weighted by Gasteiger charge is -2.08. The summed E-state index contributed by atoms with van der Waals surface area (Å²) in [5.41, 5.74) is 5.57. The van der Waals surface area contributed by atoms with Gasteiger partial charge in [-0.3, -0.25) is 0 Å². The Kier molecular flexibility index (Phi) is 4.07. The Bertz CT molecular complexity index is 280. The van der Waals surface area contributed by atoms with Crippen molar-refractivity contribution >= 4 is 0 Å². The molecule has 0 aliphatic rings. The molecule has 1 aromatic heterocycles. The molecule has 1 aromatic rings. The molecule has 0 fully saturated rings. The Balaban J connectivity index is 2.58. The van der Waals surface area contributed by atoms with Crippen LogP contribution in [0.2, 0.25) is 0 Å². The van der Waals surface area contributed by atoms with Crippen LogP contribution in [0.1, 0.15) is 31.9 Å². The topological polar surface area (TPSA) is 56.7 Å². The third-order valence-corrected chi connectivity index (χ3v) is 2.59. The van der Waals surface area contributed by atoms with Crippen LogP contribution in [-0.2, 0) is 13.0 Å². The molecule has 1 heterocycles. The number of nitrogens with zero attached hydrogens (tertiary/aromatic N) is 3. The molecule has 0 spiro atoms. The monoisotopic (exact) mass is 196 g/mol. The fourth-order valence-corrected chi connectivity index (χ4v) is 1.51. The number of aryl methyl sites for hydroxylation is 2. The highest BCUT2D eigenvalue weighted by atomic mass is 15.3. The van der Waals surface area contributed by atoms with Gasteiger partial charge in [0.05, 0.1) is 0 Å². The Labute approximate surface area is 85.5 Å². The maximum atomic E-state index is 5.57. The zero-order chi connectivity index (χ0) is 10.6. The van der Waals surface area contributed by atoms with Gasteiger partial charge >= 0.3 is 0 Å². The first-order chi connectivity index (χ1) is 6.69. The number of hydrogen-bond donors (Lipinski definition) is 1. The number of nitrogens with two attached hydrogens (primary N) is 1. The van der Waals surface area contributed by atoms with Gasteiger partial charge in [0.25, 0.3) is 0 Å². The zero-order valence-corrected chi connectivity index (χ0v) is 9.32. The lowest BCUT2D eigenvalue weighted by atomic mass is 10.1. The number of rotatable bonds is 5. The van der Waals surface area contributed by atoms with E-state index in [9.17, 15) is 0 Å². The minimum Gasteiger partial charge on any atom is -0.330 e. The fourth-order valence-electron chi connectivity index (χ4n) is 1.51. The van der Waals surface area contributed by atoms with E-state index in [1.807, 2.05) is 6.92 Å². The van der Waals surface area contributed by atoms with Crippen molar-refractivity contribution in [3.8, 4) is 0 Å². The zero-order valence-electron chi connectivity index (χ0n) is 9.32. The van der Waals surface area contributed by atoms with Gasteiger partial charge in [0.1, 0.15) is 11.6 Å². The average Bonchev–Trinajstić information content (AvgIpc) is 2.55. The van der Waals surface area contributed by atoms with Gasteiger partial charge in [0.2, 0.25) is 0 Å². The van der Waals surface area contributed by atoms with Gasteiger partial charge in [0.15, 0.2) is 0 Å². The standard InChI is InChI=1S/C10H20N4/c1-4-14-9(3)12-13-10(14)6-5-8(2)7-11/h8H,4-7,11H2,1-3H3. The Morgan fingerprint density at radius 1 is 1.43 bits per heavy atom. The van der Waals surface area contributed by atoms with Crippen LogP contribution in [0, 0.1) is 12.8 Å². The van der Waals surface area contributed by atoms with Gasteiger partial charge in [-0.15, -0.1) is 10.2 Å². The summed E-state index contributed by atoms with van der Waals surface area (Å²) in [7, 11) is 0. The van der Waals surface area contributed by atoms with E-state index in [4.69, 9.17) is 5.73 Å². The average molecular weight is 196 g/mol. The Morgan fingerprint density at radius 2 is 2.14 bits per heavy atom. The molecule has 0 bridgehead atoms. The fraction of sp³-hybridized carbons (Fsp3) is 0.800. The summed E-state index contributed by atoms with van der Waals surface area (Å²) in [6.45, 7) is 7.97. The molecule has 1 rings (SSSR count). The summed E-state index contributed by atoms with van der Waals surface area (Å²) in [5.74, 6) is 2.66. The molecule has 4 nitrogen and oxygen atoms in total. The molecule has 0 saturated carbocycles. The lowest BCUT2D eigenvalue weighted by Crippen LogP contribution is -2.13. The minimum atomic E-state index is 0.567. The molecular weight excluding hydrogens is 176 g/mol. The van der Waals surface area contributed by atoms with Crippen molar-refractivity contribution < 1.29 is 0 Å². The van der Waals surface area contributed by atoms with Gasteiger partial charge in [0, 0.05) is 13.0 Å². The molecule has 14 heavy (non-hydrogen) atoms. The van der Waals surface area contributed by atoms with Crippen LogP contribution < -0.4 is 5.73 Å². The molecule has 0 amide bonds. The van der Waals surface area contributed by atoms with Crippen molar-refractivity contribution in [2.24, 2.45) is 11.7 Å². The van der Waals surface area contributed by atoms with E-state index < -0.39 is 0 Å². The molecule has 1 unspecified atom stereocenters. The first-order valence-corrected chi connectivity index (χ1v) is 5.27. The van der Waals surface area contributed by atoms with E-state index in [0.29, 0.717) is 5.92 Å². The summed E-state index contributed by atoms with van der Waals surface area (Å²) in [6, 6.07) is 0. The van der Waals surface area contributed by atoms with E-state index >= 15 is 0 Å². The predicted octanol–water partition coefficient (Wildman–Crippen LogP) is 1.13. The number of hydrogen-bond acceptors (Lipinski definition) is 3. The molecule has 4 heteroatoms. The van der Waals surface area contributed by atoms with Crippen LogP contribution in [-0.4, -0.2) is 21.3 Å². The molecule has 2 N–H and O–H groups in total. The van der Waals surface area contributed by atoms with Crippen LogP contribution in [0.5, 0.6) is 0 Å². The van der Waals surface area contributed by atoms with Crippen molar-refractivity contribution in [2.45, 2.75) is 40.2 Å². The number of aromatic nitrogens is 3. The van der Waals surface area contributed by atoms with Crippen molar-refractivity contribution in [3.63, 3.8) is 0 Å². The van der Waals surface area contributed by atoms with Crippen LogP contribution in [0.3, 0.4) is 0 Å². The third kappa shape index (κ3) is 2.54. The van der Waals surface area contributed by atoms with Gasteiger partial charge in [-0.2, -0.15) is 0 Å². The van der Waals surface area contributed by atoms with Crippen molar-refractivity contribution in [1.29, 1.82) is 0 Å². The predicted molar refractivity (Wildman–Crippen MR) is 57.0 cm³/mol. The maximum Gasteiger partial charge on any atom is 0.132 e. The van der Waals surface area contributed by atoms with Crippen LogP contribution in [0.15, 0.2) is 0 Å². The van der Waals surface area contributed by atoms with Gasteiger partial charge in [-0.25, -0.2) is 0 Å². The molecule has 1 atom stereocenters. The van der Waals surface area contributed by atoms with E-state index in [0.717, 1.165) is 37.6 Å².